The molecule has 3 heterocycles. The van der Waals surface area contributed by atoms with Crippen LogP contribution in [0.2, 0.25) is 5.02 Å². The molecule has 0 bridgehead atoms. The van der Waals surface area contributed by atoms with Gasteiger partial charge in [0.05, 0.1) is 17.3 Å². The molecule has 2 atom stereocenters. The number of hydrogen-bond donors (Lipinski definition) is 2. The third-order valence-electron chi connectivity index (χ3n) is 5.54. The second kappa shape index (κ2) is 8.69. The van der Waals surface area contributed by atoms with Crippen molar-refractivity contribution in [2.24, 2.45) is 0 Å². The molecule has 164 valence electrons. The highest BCUT2D eigenvalue weighted by Crippen LogP contribution is 2.43. The maximum Gasteiger partial charge on any atom is 0.335 e. The fraction of sp³-hybridized carbons (Fsp3) is 0.0800. The first-order valence-corrected chi connectivity index (χ1v) is 11.0. The van der Waals surface area contributed by atoms with Gasteiger partial charge < -0.3 is 19.7 Å². The third-order valence-corrected chi connectivity index (χ3v) is 6.10. The van der Waals surface area contributed by atoms with E-state index in [1.165, 1.54) is 0 Å². The summed E-state index contributed by atoms with van der Waals surface area (Å²) in [4.78, 5) is 17.7. The number of furan rings is 1. The number of nitrogens with one attached hydrogen (secondary N) is 1. The Morgan fingerprint density at radius 3 is 2.45 bits per heavy atom. The van der Waals surface area contributed by atoms with Crippen molar-refractivity contribution in [2.45, 2.75) is 12.1 Å². The Kier molecular flexibility index (Phi) is 5.58. The zero-order valence-electron chi connectivity index (χ0n) is 17.2. The molecule has 0 unspecified atom stereocenters. The number of aromatic nitrogens is 1. The molecular formula is C25H18ClN3O3S. The Bertz CT molecular complexity index is 1310. The van der Waals surface area contributed by atoms with Crippen molar-refractivity contribution in [3.8, 4) is 11.3 Å². The first-order valence-electron chi connectivity index (χ1n) is 10.2. The van der Waals surface area contributed by atoms with Gasteiger partial charge in [-0.3, -0.25) is 4.98 Å². The Morgan fingerprint density at radius 2 is 1.79 bits per heavy atom. The average Bonchev–Trinajstić information content (AvgIpc) is 3.45. The van der Waals surface area contributed by atoms with Gasteiger partial charge in [0.1, 0.15) is 17.6 Å². The van der Waals surface area contributed by atoms with Crippen LogP contribution in [0.3, 0.4) is 0 Å². The standard InChI is InChI=1S/C25H18ClN3O3S/c26-17-8-10-18(11-9-17)29-23(22(28-25(29)33)19-3-1-2-14-27-19)21-13-12-20(32-21)15-4-6-16(7-5-15)24(30)31/h1-14,22-23H,(H,28,33)(H,30,31)/t22-,23-/m0/s1. The lowest BCUT2D eigenvalue weighted by Crippen LogP contribution is -2.29. The molecule has 0 amide bonds. The monoisotopic (exact) mass is 475 g/mol. The van der Waals surface area contributed by atoms with Gasteiger partial charge in [-0.05, 0) is 72.9 Å². The normalized spacial score (nSPS) is 17.7. The SMILES string of the molecule is O=C(O)c1ccc(-c2ccc([C@H]3[C@H](c4ccccn4)NC(=S)N3c3ccc(Cl)cc3)o2)cc1. The number of hydrogen-bond acceptors (Lipinski definition) is 4. The summed E-state index contributed by atoms with van der Waals surface area (Å²) in [6.45, 7) is 0. The minimum Gasteiger partial charge on any atom is -0.478 e. The van der Waals surface area contributed by atoms with Crippen LogP contribution < -0.4 is 10.2 Å². The summed E-state index contributed by atoms with van der Waals surface area (Å²) in [6, 6.07) is 23.1. The Morgan fingerprint density at radius 1 is 1.03 bits per heavy atom. The summed E-state index contributed by atoms with van der Waals surface area (Å²) in [5.74, 6) is 0.366. The van der Waals surface area contributed by atoms with Crippen molar-refractivity contribution in [1.82, 2.24) is 10.3 Å². The number of pyridine rings is 1. The zero-order chi connectivity index (χ0) is 22.9. The molecule has 2 aromatic carbocycles. The van der Waals surface area contributed by atoms with Crippen LogP contribution in [0.25, 0.3) is 11.3 Å². The zero-order valence-corrected chi connectivity index (χ0v) is 18.8. The van der Waals surface area contributed by atoms with E-state index in [4.69, 9.17) is 33.3 Å². The summed E-state index contributed by atoms with van der Waals surface area (Å²) in [5, 5.41) is 13.7. The molecule has 4 aromatic rings. The number of thiocarbonyl (C=S) groups is 1. The number of rotatable bonds is 5. The van der Waals surface area contributed by atoms with E-state index in [0.717, 1.165) is 16.9 Å². The molecule has 2 N–H and O–H groups in total. The fourth-order valence-corrected chi connectivity index (χ4v) is 4.44. The Hall–Kier alpha value is -3.68. The molecule has 0 aliphatic carbocycles. The molecule has 33 heavy (non-hydrogen) atoms. The Labute approximate surface area is 200 Å². The molecule has 2 aromatic heterocycles. The van der Waals surface area contributed by atoms with Gasteiger partial charge in [-0.25, -0.2) is 4.79 Å². The quantitative estimate of drug-likeness (QED) is 0.349. The van der Waals surface area contributed by atoms with Crippen molar-refractivity contribution in [2.75, 3.05) is 4.90 Å². The van der Waals surface area contributed by atoms with Crippen molar-refractivity contribution < 1.29 is 14.3 Å². The maximum absolute atomic E-state index is 11.2. The van der Waals surface area contributed by atoms with Gasteiger partial charge in [0, 0.05) is 22.5 Å². The van der Waals surface area contributed by atoms with Crippen LogP contribution in [0, 0.1) is 0 Å². The molecule has 8 heteroatoms. The number of aromatic carboxylic acids is 1. The summed E-state index contributed by atoms with van der Waals surface area (Å²) in [5.41, 5.74) is 2.72. The Balaban J connectivity index is 1.56. The highest BCUT2D eigenvalue weighted by Gasteiger charge is 2.42. The van der Waals surface area contributed by atoms with Gasteiger partial charge in [-0.1, -0.05) is 29.8 Å². The van der Waals surface area contributed by atoms with E-state index in [1.54, 1.807) is 30.5 Å². The predicted molar refractivity (Wildman–Crippen MR) is 130 cm³/mol. The van der Waals surface area contributed by atoms with Gasteiger partial charge in [-0.2, -0.15) is 0 Å². The minimum atomic E-state index is -0.968. The van der Waals surface area contributed by atoms with Gasteiger partial charge >= 0.3 is 5.97 Å². The second-order valence-electron chi connectivity index (χ2n) is 7.56. The van der Waals surface area contributed by atoms with E-state index in [9.17, 15) is 4.79 Å². The molecular weight excluding hydrogens is 458 g/mol. The van der Waals surface area contributed by atoms with E-state index < -0.39 is 5.97 Å². The average molecular weight is 476 g/mol. The number of carbonyl (C=O) groups is 1. The van der Waals surface area contributed by atoms with E-state index in [2.05, 4.69) is 10.3 Å². The van der Waals surface area contributed by atoms with E-state index in [1.807, 2.05) is 59.5 Å². The van der Waals surface area contributed by atoms with Gasteiger partial charge in [-0.15, -0.1) is 0 Å². The summed E-state index contributed by atoms with van der Waals surface area (Å²) in [7, 11) is 0. The highest BCUT2D eigenvalue weighted by molar-refractivity contribution is 7.80. The molecule has 1 aliphatic rings. The number of benzene rings is 2. The molecule has 0 spiro atoms. The van der Waals surface area contributed by atoms with Gasteiger partial charge in [0.15, 0.2) is 5.11 Å². The number of carboxylic acid groups (broad SMARTS) is 1. The maximum atomic E-state index is 11.2. The third kappa shape index (κ3) is 4.08. The van der Waals surface area contributed by atoms with Crippen molar-refractivity contribution in [3.63, 3.8) is 0 Å². The smallest absolute Gasteiger partial charge is 0.335 e. The molecule has 6 nitrogen and oxygen atoms in total. The molecule has 1 saturated heterocycles. The van der Waals surface area contributed by atoms with Crippen LogP contribution in [0.1, 0.15) is 33.9 Å². The predicted octanol–water partition coefficient (Wildman–Crippen LogP) is 5.87. The van der Waals surface area contributed by atoms with Crippen LogP contribution in [-0.4, -0.2) is 21.2 Å². The van der Waals surface area contributed by atoms with E-state index >= 15 is 0 Å². The van der Waals surface area contributed by atoms with Crippen LogP contribution in [0.4, 0.5) is 5.69 Å². The topological polar surface area (TPSA) is 78.6 Å². The summed E-state index contributed by atoms with van der Waals surface area (Å²) in [6.07, 6.45) is 1.75. The number of halogens is 1. The highest BCUT2D eigenvalue weighted by atomic mass is 35.5. The van der Waals surface area contributed by atoms with Crippen LogP contribution in [-0.2, 0) is 0 Å². The number of nitrogens with zero attached hydrogens (tertiary/aromatic N) is 2. The summed E-state index contributed by atoms with van der Waals surface area (Å²) >= 11 is 11.8. The van der Waals surface area contributed by atoms with Crippen LogP contribution >= 0.6 is 23.8 Å². The van der Waals surface area contributed by atoms with Crippen LogP contribution in [0.5, 0.6) is 0 Å². The van der Waals surface area contributed by atoms with Crippen molar-refractivity contribution in [1.29, 1.82) is 0 Å². The van der Waals surface area contributed by atoms with Crippen LogP contribution in [0.15, 0.2) is 89.5 Å². The lowest BCUT2D eigenvalue weighted by molar-refractivity contribution is 0.0697. The first-order chi connectivity index (χ1) is 16.0. The number of carboxylic acids is 1. The molecule has 1 aliphatic heterocycles. The molecule has 0 radical (unpaired) electrons. The van der Waals surface area contributed by atoms with E-state index in [-0.39, 0.29) is 17.6 Å². The lowest BCUT2D eigenvalue weighted by atomic mass is 10.0. The fourth-order valence-electron chi connectivity index (χ4n) is 3.97. The second-order valence-corrected chi connectivity index (χ2v) is 8.38. The molecule has 0 saturated carbocycles. The van der Waals surface area contributed by atoms with Gasteiger partial charge in [0.2, 0.25) is 0 Å². The molecule has 1 fully saturated rings. The number of anilines is 1. The van der Waals surface area contributed by atoms with Crippen molar-refractivity contribution >= 4 is 40.6 Å². The van der Waals surface area contributed by atoms with Gasteiger partial charge in [0.25, 0.3) is 0 Å². The van der Waals surface area contributed by atoms with Crippen molar-refractivity contribution in [3.05, 3.63) is 107 Å². The first kappa shape index (κ1) is 21.2. The largest absolute Gasteiger partial charge is 0.478 e. The lowest BCUT2D eigenvalue weighted by Gasteiger charge is -2.26. The van der Waals surface area contributed by atoms with E-state index in [0.29, 0.717) is 21.7 Å². The molecule has 5 rings (SSSR count). The minimum absolute atomic E-state index is 0.222. The summed E-state index contributed by atoms with van der Waals surface area (Å²) < 4.78 is 6.29.